The van der Waals surface area contributed by atoms with E-state index in [9.17, 15) is 13.2 Å². The summed E-state index contributed by atoms with van der Waals surface area (Å²) in [5, 5.41) is 8.99. The van der Waals surface area contributed by atoms with Crippen LogP contribution in [0.15, 0.2) is 24.3 Å². The molecule has 1 rings (SSSR count). The summed E-state index contributed by atoms with van der Waals surface area (Å²) in [6.07, 6.45) is 1.04. The normalized spacial score (nSPS) is 13.1. The van der Waals surface area contributed by atoms with Gasteiger partial charge in [-0.05, 0) is 17.7 Å². The minimum atomic E-state index is -3.32. The first-order valence-corrected chi connectivity index (χ1v) is 6.70. The van der Waals surface area contributed by atoms with Gasteiger partial charge in [0.25, 0.3) is 0 Å². The number of carbonyl (C=O) groups is 1. The summed E-state index contributed by atoms with van der Waals surface area (Å²) >= 11 is 0. The molecule has 94 valence electrons. The third kappa shape index (κ3) is 4.04. The van der Waals surface area contributed by atoms with Gasteiger partial charge in [-0.3, -0.25) is 9.52 Å². The Morgan fingerprint density at radius 1 is 1.41 bits per heavy atom. The quantitative estimate of drug-likeness (QED) is 0.668. The molecule has 1 amide bonds. The summed E-state index contributed by atoms with van der Waals surface area (Å²) in [5.41, 5.74) is 6.04. The molecule has 0 heterocycles. The van der Waals surface area contributed by atoms with Crippen LogP contribution in [0.5, 0.6) is 0 Å². The van der Waals surface area contributed by atoms with Crippen LogP contribution in [0.1, 0.15) is 11.5 Å². The van der Waals surface area contributed by atoms with Gasteiger partial charge in [0.2, 0.25) is 15.9 Å². The Labute approximate surface area is 99.5 Å². The maximum atomic E-state index is 11.0. The Balaban J connectivity index is 2.91. The molecule has 0 aromatic heterocycles. The van der Waals surface area contributed by atoms with Crippen LogP contribution >= 0.6 is 0 Å². The topological polar surface area (TPSA) is 109 Å². The Morgan fingerprint density at radius 3 is 2.29 bits per heavy atom. The SMILES string of the molecule is CS(=O)(=O)Nc1ccc(C(CO)C(N)=O)cc1. The van der Waals surface area contributed by atoms with Crippen molar-refractivity contribution in [3.05, 3.63) is 29.8 Å². The molecule has 4 N–H and O–H groups in total. The number of hydrogen-bond donors (Lipinski definition) is 3. The number of hydrogen-bond acceptors (Lipinski definition) is 4. The number of aliphatic hydroxyl groups is 1. The Morgan fingerprint density at radius 2 is 1.94 bits per heavy atom. The molecule has 1 aromatic carbocycles. The van der Waals surface area contributed by atoms with E-state index in [1.54, 1.807) is 12.1 Å². The molecule has 1 atom stereocenters. The minimum Gasteiger partial charge on any atom is -0.395 e. The van der Waals surface area contributed by atoms with Crippen LogP contribution in [0.4, 0.5) is 5.69 Å². The fraction of sp³-hybridized carbons (Fsp3) is 0.300. The van der Waals surface area contributed by atoms with Crippen molar-refractivity contribution < 1.29 is 18.3 Å². The number of carbonyl (C=O) groups excluding carboxylic acids is 1. The van der Waals surface area contributed by atoms with Crippen molar-refractivity contribution in [2.24, 2.45) is 5.73 Å². The van der Waals surface area contributed by atoms with Gasteiger partial charge in [0.1, 0.15) is 0 Å². The fourth-order valence-corrected chi connectivity index (χ4v) is 1.92. The number of amides is 1. The second-order valence-electron chi connectivity index (χ2n) is 3.63. The molecular weight excluding hydrogens is 244 g/mol. The van der Waals surface area contributed by atoms with E-state index >= 15 is 0 Å². The lowest BCUT2D eigenvalue weighted by Crippen LogP contribution is -2.24. The largest absolute Gasteiger partial charge is 0.395 e. The Bertz CT molecular complexity index is 496. The van der Waals surface area contributed by atoms with Crippen molar-refractivity contribution in [1.82, 2.24) is 0 Å². The molecule has 0 aliphatic rings. The van der Waals surface area contributed by atoms with E-state index < -0.39 is 21.8 Å². The molecule has 0 saturated carbocycles. The second-order valence-corrected chi connectivity index (χ2v) is 5.38. The highest BCUT2D eigenvalue weighted by Gasteiger charge is 2.16. The third-order valence-corrected chi connectivity index (χ3v) is 2.75. The van der Waals surface area contributed by atoms with Crippen LogP contribution < -0.4 is 10.5 Å². The van der Waals surface area contributed by atoms with E-state index in [2.05, 4.69) is 4.72 Å². The van der Waals surface area contributed by atoms with Crippen LogP contribution in [0.3, 0.4) is 0 Å². The standard InChI is InChI=1S/C10H14N2O4S/c1-17(15,16)12-8-4-2-7(3-5-8)9(6-13)10(11)14/h2-5,9,12-13H,6H2,1H3,(H2,11,14). The smallest absolute Gasteiger partial charge is 0.229 e. The minimum absolute atomic E-state index is 0.381. The van der Waals surface area contributed by atoms with Gasteiger partial charge in [-0.15, -0.1) is 0 Å². The zero-order chi connectivity index (χ0) is 13.1. The van der Waals surface area contributed by atoms with Gasteiger partial charge in [0.05, 0.1) is 18.8 Å². The first-order chi connectivity index (χ1) is 7.83. The number of aliphatic hydroxyl groups excluding tert-OH is 1. The van der Waals surface area contributed by atoms with Gasteiger partial charge >= 0.3 is 0 Å². The van der Waals surface area contributed by atoms with Crippen molar-refractivity contribution in [3.8, 4) is 0 Å². The lowest BCUT2D eigenvalue weighted by atomic mass is 9.99. The number of benzene rings is 1. The van der Waals surface area contributed by atoms with Crippen molar-refractivity contribution in [1.29, 1.82) is 0 Å². The van der Waals surface area contributed by atoms with E-state index in [1.165, 1.54) is 12.1 Å². The highest BCUT2D eigenvalue weighted by atomic mass is 32.2. The predicted molar refractivity (Wildman–Crippen MR) is 63.9 cm³/mol. The average molecular weight is 258 g/mol. The number of primary amides is 1. The molecule has 0 aliphatic heterocycles. The molecule has 0 bridgehead atoms. The van der Waals surface area contributed by atoms with Crippen LogP contribution in [-0.4, -0.2) is 32.3 Å². The molecule has 17 heavy (non-hydrogen) atoms. The van der Waals surface area contributed by atoms with E-state index in [1.807, 2.05) is 0 Å². The molecule has 0 saturated heterocycles. The molecule has 0 fully saturated rings. The summed E-state index contributed by atoms with van der Waals surface area (Å²) in [4.78, 5) is 11.0. The maximum absolute atomic E-state index is 11.0. The monoisotopic (exact) mass is 258 g/mol. The maximum Gasteiger partial charge on any atom is 0.229 e. The summed E-state index contributed by atoms with van der Waals surface area (Å²) in [7, 11) is -3.32. The number of anilines is 1. The Kier molecular flexibility index (Phi) is 4.08. The molecule has 0 aliphatic carbocycles. The van der Waals surface area contributed by atoms with Crippen molar-refractivity contribution >= 4 is 21.6 Å². The number of nitrogens with one attached hydrogen (secondary N) is 1. The zero-order valence-corrected chi connectivity index (χ0v) is 10.1. The molecule has 1 unspecified atom stereocenters. The van der Waals surface area contributed by atoms with Gasteiger partial charge < -0.3 is 10.8 Å². The first kappa shape index (κ1) is 13.5. The molecule has 0 spiro atoms. The third-order valence-electron chi connectivity index (χ3n) is 2.14. The van der Waals surface area contributed by atoms with Crippen molar-refractivity contribution in [2.45, 2.75) is 5.92 Å². The van der Waals surface area contributed by atoms with Crippen LogP contribution in [0, 0.1) is 0 Å². The summed E-state index contributed by atoms with van der Waals surface area (Å²) in [5.74, 6) is -1.40. The van der Waals surface area contributed by atoms with Gasteiger partial charge in [-0.25, -0.2) is 8.42 Å². The predicted octanol–water partition coefficient (Wildman–Crippen LogP) is -0.381. The van der Waals surface area contributed by atoms with E-state index in [4.69, 9.17) is 10.8 Å². The van der Waals surface area contributed by atoms with Crippen LogP contribution in [-0.2, 0) is 14.8 Å². The van der Waals surface area contributed by atoms with Crippen molar-refractivity contribution in [2.75, 3.05) is 17.6 Å². The van der Waals surface area contributed by atoms with Gasteiger partial charge in [-0.2, -0.15) is 0 Å². The van der Waals surface area contributed by atoms with E-state index in [0.29, 0.717) is 11.3 Å². The van der Waals surface area contributed by atoms with Gasteiger partial charge in [0, 0.05) is 5.69 Å². The van der Waals surface area contributed by atoms with Crippen LogP contribution in [0.25, 0.3) is 0 Å². The zero-order valence-electron chi connectivity index (χ0n) is 9.25. The summed E-state index contributed by atoms with van der Waals surface area (Å²) in [6.45, 7) is -0.381. The molecule has 7 heteroatoms. The van der Waals surface area contributed by atoms with Gasteiger partial charge in [0.15, 0.2) is 0 Å². The van der Waals surface area contributed by atoms with E-state index in [-0.39, 0.29) is 6.61 Å². The average Bonchev–Trinajstić information content (AvgIpc) is 2.18. The lowest BCUT2D eigenvalue weighted by molar-refractivity contribution is -0.120. The second kappa shape index (κ2) is 5.15. The highest BCUT2D eigenvalue weighted by molar-refractivity contribution is 7.92. The van der Waals surface area contributed by atoms with E-state index in [0.717, 1.165) is 6.26 Å². The molecule has 1 aromatic rings. The van der Waals surface area contributed by atoms with Gasteiger partial charge in [-0.1, -0.05) is 12.1 Å². The number of nitrogens with two attached hydrogens (primary N) is 1. The first-order valence-electron chi connectivity index (χ1n) is 4.81. The Hall–Kier alpha value is -1.60. The fourth-order valence-electron chi connectivity index (χ4n) is 1.36. The summed E-state index contributed by atoms with van der Waals surface area (Å²) in [6, 6.07) is 6.09. The van der Waals surface area contributed by atoms with Crippen molar-refractivity contribution in [3.63, 3.8) is 0 Å². The molecule has 6 nitrogen and oxygen atoms in total. The lowest BCUT2D eigenvalue weighted by Gasteiger charge is -2.11. The molecule has 0 radical (unpaired) electrons. The highest BCUT2D eigenvalue weighted by Crippen LogP contribution is 2.18. The molecular formula is C10H14N2O4S. The van der Waals surface area contributed by atoms with Crippen LogP contribution in [0.2, 0.25) is 0 Å². The summed E-state index contributed by atoms with van der Waals surface area (Å²) < 4.78 is 24.2. The number of rotatable bonds is 5. The number of sulfonamides is 1.